The van der Waals surface area contributed by atoms with Crippen molar-refractivity contribution in [2.24, 2.45) is 0 Å². The number of ether oxygens (including phenoxy) is 1. The Morgan fingerprint density at radius 2 is 1.33 bits per heavy atom. The van der Waals surface area contributed by atoms with Crippen LogP contribution in [-0.2, 0) is 4.74 Å². The van der Waals surface area contributed by atoms with Crippen LogP contribution in [0.1, 0.15) is 28.7 Å². The molecule has 0 radical (unpaired) electrons. The maximum Gasteiger partial charge on any atom is 0.407 e. The number of aliphatic hydroxyl groups is 2. The lowest BCUT2D eigenvalue weighted by Crippen LogP contribution is -2.36. The Morgan fingerprint density at radius 1 is 0.806 bits per heavy atom. The lowest BCUT2D eigenvalue weighted by molar-refractivity contribution is 0.0185. The highest BCUT2D eigenvalue weighted by Crippen LogP contribution is 2.44. The number of carbonyl (C=O) groups excluding carboxylic acids is 1. The second-order valence-electron chi connectivity index (χ2n) is 8.85. The van der Waals surface area contributed by atoms with Gasteiger partial charge in [0.2, 0.25) is 0 Å². The molecule has 1 amide bonds. The molecule has 0 saturated heterocycles. The highest BCUT2D eigenvalue weighted by atomic mass is 35.5. The van der Waals surface area contributed by atoms with Crippen LogP contribution >= 0.6 is 11.6 Å². The highest BCUT2D eigenvalue weighted by molar-refractivity contribution is 6.30. The largest absolute Gasteiger partial charge is 0.449 e. The Kier molecular flexibility index (Phi) is 7.05. The Bertz CT molecular complexity index is 1310. The Balaban J connectivity index is 1.15. The predicted molar refractivity (Wildman–Crippen MR) is 141 cm³/mol. The number of nitrogens with one attached hydrogen (secondary N) is 1. The number of halogens is 1. The third-order valence-corrected chi connectivity index (χ3v) is 6.85. The average molecular weight is 500 g/mol. The smallest absolute Gasteiger partial charge is 0.407 e. The molecular weight excluding hydrogens is 474 g/mol. The fourth-order valence-corrected chi connectivity index (χ4v) is 4.81. The molecule has 6 heteroatoms. The predicted octanol–water partition coefficient (Wildman–Crippen LogP) is 5.94. The van der Waals surface area contributed by atoms with Gasteiger partial charge in [0.05, 0.1) is 0 Å². The van der Waals surface area contributed by atoms with E-state index in [9.17, 15) is 15.0 Å². The van der Waals surface area contributed by atoms with Gasteiger partial charge >= 0.3 is 6.09 Å². The van der Waals surface area contributed by atoms with Crippen molar-refractivity contribution in [3.05, 3.63) is 119 Å². The number of carbonyl (C=O) groups is 1. The first-order valence-electron chi connectivity index (χ1n) is 11.8. The van der Waals surface area contributed by atoms with Crippen molar-refractivity contribution in [2.45, 2.75) is 18.1 Å². The summed E-state index contributed by atoms with van der Waals surface area (Å²) in [6, 6.07) is 31.0. The summed E-state index contributed by atoms with van der Waals surface area (Å²) in [4.78, 5) is 12.4. The molecule has 0 aromatic heterocycles. The van der Waals surface area contributed by atoms with Crippen LogP contribution in [0.2, 0.25) is 5.02 Å². The molecule has 0 heterocycles. The first-order valence-corrected chi connectivity index (χ1v) is 12.2. The second-order valence-corrected chi connectivity index (χ2v) is 9.28. The summed E-state index contributed by atoms with van der Waals surface area (Å²) in [5.41, 5.74) is 7.08. The standard InChI is InChI=1S/C30H26ClNO4/c31-22-15-13-20(14-16-22)19-9-11-21(12-10-19)29(34)28(33)17-32-30(35)36-18-27-25-7-3-1-5-23(25)24-6-2-4-8-26(24)27/h1-16,27-29,33-34H,17-18H2,(H,32,35). The zero-order valence-electron chi connectivity index (χ0n) is 19.5. The van der Waals surface area contributed by atoms with Crippen molar-refractivity contribution < 1.29 is 19.7 Å². The van der Waals surface area contributed by atoms with Crippen LogP contribution in [0.3, 0.4) is 0 Å². The third kappa shape index (κ3) is 5.00. The third-order valence-electron chi connectivity index (χ3n) is 6.59. The molecule has 0 aliphatic heterocycles. The molecule has 0 spiro atoms. The summed E-state index contributed by atoms with van der Waals surface area (Å²) in [5, 5.41) is 24.2. The average Bonchev–Trinajstić information content (AvgIpc) is 3.24. The molecule has 1 aliphatic carbocycles. The Labute approximate surface area is 215 Å². The van der Waals surface area contributed by atoms with Gasteiger partial charge in [-0.1, -0.05) is 96.5 Å². The van der Waals surface area contributed by atoms with Crippen LogP contribution < -0.4 is 5.32 Å². The number of aliphatic hydroxyl groups excluding tert-OH is 2. The lowest BCUT2D eigenvalue weighted by atomic mass is 9.98. The van der Waals surface area contributed by atoms with Crippen molar-refractivity contribution in [2.75, 3.05) is 13.2 Å². The summed E-state index contributed by atoms with van der Waals surface area (Å²) in [6.07, 6.45) is -2.98. The van der Waals surface area contributed by atoms with Gasteiger partial charge in [0, 0.05) is 17.5 Å². The quantitative estimate of drug-likeness (QED) is 0.294. The first kappa shape index (κ1) is 24.1. The molecule has 2 atom stereocenters. The molecule has 0 bridgehead atoms. The molecule has 36 heavy (non-hydrogen) atoms. The number of hydrogen-bond acceptors (Lipinski definition) is 4. The molecular formula is C30H26ClNO4. The fraction of sp³-hybridized carbons (Fsp3) is 0.167. The normalized spacial score (nSPS) is 14.0. The molecule has 0 saturated carbocycles. The van der Waals surface area contributed by atoms with Crippen LogP contribution in [-0.4, -0.2) is 35.6 Å². The van der Waals surface area contributed by atoms with Crippen molar-refractivity contribution in [1.82, 2.24) is 5.32 Å². The van der Waals surface area contributed by atoms with E-state index < -0.39 is 18.3 Å². The maximum absolute atomic E-state index is 12.4. The molecule has 4 aromatic rings. The van der Waals surface area contributed by atoms with Gasteiger partial charge in [-0.05, 0) is 51.1 Å². The summed E-state index contributed by atoms with van der Waals surface area (Å²) in [5.74, 6) is -0.0437. The summed E-state index contributed by atoms with van der Waals surface area (Å²) in [7, 11) is 0. The van der Waals surface area contributed by atoms with Gasteiger partial charge in [0.1, 0.15) is 18.8 Å². The van der Waals surface area contributed by atoms with Crippen molar-refractivity contribution in [1.29, 1.82) is 0 Å². The highest BCUT2D eigenvalue weighted by Gasteiger charge is 2.29. The topological polar surface area (TPSA) is 78.8 Å². The van der Waals surface area contributed by atoms with E-state index in [1.807, 2.05) is 60.7 Å². The van der Waals surface area contributed by atoms with Crippen molar-refractivity contribution in [3.8, 4) is 22.3 Å². The minimum absolute atomic E-state index is 0.0437. The minimum atomic E-state index is -1.19. The van der Waals surface area contributed by atoms with Gasteiger partial charge in [-0.3, -0.25) is 0 Å². The SMILES string of the molecule is O=C(NCC(O)C(O)c1ccc(-c2ccc(Cl)cc2)cc1)OCC1c2ccccc2-c2ccccc21. The van der Waals surface area contributed by atoms with E-state index in [4.69, 9.17) is 16.3 Å². The van der Waals surface area contributed by atoms with Gasteiger partial charge in [-0.25, -0.2) is 4.79 Å². The lowest BCUT2D eigenvalue weighted by Gasteiger charge is -2.19. The number of benzene rings is 4. The van der Waals surface area contributed by atoms with Gasteiger partial charge in [-0.15, -0.1) is 0 Å². The second kappa shape index (κ2) is 10.5. The van der Waals surface area contributed by atoms with Gasteiger partial charge in [0.25, 0.3) is 0 Å². The van der Waals surface area contributed by atoms with Gasteiger partial charge in [-0.2, -0.15) is 0 Å². The van der Waals surface area contributed by atoms with Gasteiger partial charge < -0.3 is 20.3 Å². The van der Waals surface area contributed by atoms with E-state index in [2.05, 4.69) is 29.6 Å². The minimum Gasteiger partial charge on any atom is -0.449 e. The van der Waals surface area contributed by atoms with Crippen molar-refractivity contribution in [3.63, 3.8) is 0 Å². The van der Waals surface area contributed by atoms with Crippen LogP contribution in [0.4, 0.5) is 4.79 Å². The number of fused-ring (bicyclic) bond motifs is 3. The van der Waals surface area contributed by atoms with E-state index >= 15 is 0 Å². The van der Waals surface area contributed by atoms with Crippen LogP contribution in [0.25, 0.3) is 22.3 Å². The molecule has 1 aliphatic rings. The summed E-state index contributed by atoms with van der Waals surface area (Å²) >= 11 is 5.95. The van der Waals surface area contributed by atoms with Crippen LogP contribution in [0.15, 0.2) is 97.1 Å². The van der Waals surface area contributed by atoms with Crippen LogP contribution in [0.5, 0.6) is 0 Å². The summed E-state index contributed by atoms with van der Waals surface area (Å²) < 4.78 is 5.50. The Morgan fingerprint density at radius 3 is 1.92 bits per heavy atom. The van der Waals surface area contributed by atoms with E-state index in [-0.39, 0.29) is 19.1 Å². The van der Waals surface area contributed by atoms with E-state index in [0.29, 0.717) is 10.6 Å². The monoisotopic (exact) mass is 499 g/mol. The summed E-state index contributed by atoms with van der Waals surface area (Å²) in [6.45, 7) is 0.0431. The molecule has 0 fully saturated rings. The molecule has 4 aromatic carbocycles. The number of hydrogen-bond donors (Lipinski definition) is 3. The fourth-order valence-electron chi connectivity index (χ4n) is 4.69. The molecule has 2 unspecified atom stereocenters. The Hall–Kier alpha value is -3.64. The zero-order valence-corrected chi connectivity index (χ0v) is 20.2. The molecule has 182 valence electrons. The maximum atomic E-state index is 12.4. The van der Waals surface area contributed by atoms with E-state index in [0.717, 1.165) is 33.4 Å². The van der Waals surface area contributed by atoms with E-state index in [1.165, 1.54) is 0 Å². The number of alkyl carbamates (subject to hydrolysis) is 1. The first-order chi connectivity index (χ1) is 17.5. The van der Waals surface area contributed by atoms with E-state index in [1.54, 1.807) is 12.1 Å². The zero-order chi connectivity index (χ0) is 25.1. The number of amides is 1. The van der Waals surface area contributed by atoms with Gasteiger partial charge in [0.15, 0.2) is 0 Å². The molecule has 5 rings (SSSR count). The molecule has 3 N–H and O–H groups in total. The number of rotatable bonds is 7. The molecule has 5 nitrogen and oxygen atoms in total. The van der Waals surface area contributed by atoms with Crippen LogP contribution in [0, 0.1) is 0 Å². The van der Waals surface area contributed by atoms with Crippen molar-refractivity contribution >= 4 is 17.7 Å².